The molecule has 22 heavy (non-hydrogen) atoms. The fourth-order valence-corrected chi connectivity index (χ4v) is 2.36. The average molecular weight is 297 g/mol. The molecule has 1 aliphatic heterocycles. The van der Waals surface area contributed by atoms with Crippen molar-refractivity contribution in [1.29, 1.82) is 0 Å². The topological polar surface area (TPSA) is 116 Å². The molecule has 0 unspecified atom stereocenters. The lowest BCUT2D eigenvalue weighted by molar-refractivity contribution is 0.209. The molecule has 1 aromatic heterocycles. The Bertz CT molecular complexity index is 758. The molecule has 0 saturated heterocycles. The summed E-state index contributed by atoms with van der Waals surface area (Å²) in [7, 11) is 0. The van der Waals surface area contributed by atoms with Gasteiger partial charge in [-0.05, 0) is 12.5 Å². The molecule has 5 N–H and O–H groups in total. The summed E-state index contributed by atoms with van der Waals surface area (Å²) in [6.45, 7) is 1.99. The summed E-state index contributed by atoms with van der Waals surface area (Å²) < 4.78 is 4.77. The number of hydrogen-bond donors (Lipinski definition) is 3. The number of hydrogen-bond acceptors (Lipinski definition) is 6. The van der Waals surface area contributed by atoms with Crippen LogP contribution in [0.3, 0.4) is 0 Å². The number of primary amides is 1. The number of benzene rings is 1. The van der Waals surface area contributed by atoms with Gasteiger partial charge in [-0.25, -0.2) is 9.79 Å². The third-order valence-corrected chi connectivity index (χ3v) is 3.29. The molecule has 0 fully saturated rings. The zero-order chi connectivity index (χ0) is 15.7. The third-order valence-electron chi connectivity index (χ3n) is 3.29. The second-order valence-electron chi connectivity index (χ2n) is 4.89. The number of nitrogens with zero attached hydrogens (tertiary/aromatic N) is 2. The summed E-state index contributed by atoms with van der Waals surface area (Å²) in [6.07, 6.45) is -0.941. The van der Waals surface area contributed by atoms with Crippen LogP contribution in [-0.2, 0) is 0 Å². The highest BCUT2D eigenvalue weighted by Gasteiger charge is 2.23. The summed E-state index contributed by atoms with van der Waals surface area (Å²) in [5.41, 5.74) is 13.9. The smallest absolute Gasteiger partial charge is 0.391 e. The lowest BCUT2D eigenvalue weighted by Gasteiger charge is -2.25. The van der Waals surface area contributed by atoms with E-state index in [1.165, 1.54) is 0 Å². The van der Waals surface area contributed by atoms with Gasteiger partial charge < -0.3 is 21.5 Å². The fraction of sp³-hybridized carbons (Fsp3) is 0.133. The Balaban J connectivity index is 2.05. The third kappa shape index (κ3) is 2.56. The molecule has 0 aliphatic carbocycles. The van der Waals surface area contributed by atoms with Gasteiger partial charge in [0.15, 0.2) is 5.82 Å². The molecule has 1 amide bonds. The summed E-state index contributed by atoms with van der Waals surface area (Å²) >= 11 is 0. The number of nitrogen functional groups attached to an aromatic ring is 1. The van der Waals surface area contributed by atoms with Crippen molar-refractivity contribution in [2.45, 2.75) is 13.0 Å². The molecule has 3 rings (SSSR count). The SMILES string of the molecule is C[C@H]1Nc2cc(OC(N)=O)nc(N)c2N=C1c1ccccc1. The number of pyridine rings is 1. The highest BCUT2D eigenvalue weighted by molar-refractivity contribution is 6.10. The van der Waals surface area contributed by atoms with Crippen molar-refractivity contribution in [2.24, 2.45) is 10.7 Å². The Kier molecular flexibility index (Phi) is 3.38. The molecule has 2 aromatic rings. The van der Waals surface area contributed by atoms with E-state index in [2.05, 4.69) is 15.3 Å². The van der Waals surface area contributed by atoms with Gasteiger partial charge in [-0.3, -0.25) is 0 Å². The van der Waals surface area contributed by atoms with Gasteiger partial charge in [0, 0.05) is 6.07 Å². The van der Waals surface area contributed by atoms with Crippen molar-refractivity contribution >= 4 is 29.0 Å². The van der Waals surface area contributed by atoms with Crippen molar-refractivity contribution < 1.29 is 9.53 Å². The average Bonchev–Trinajstić information content (AvgIpc) is 2.46. The number of aromatic nitrogens is 1. The highest BCUT2D eigenvalue weighted by atomic mass is 16.6. The molecule has 1 aromatic carbocycles. The van der Waals surface area contributed by atoms with E-state index in [4.69, 9.17) is 16.2 Å². The normalized spacial score (nSPS) is 16.2. The zero-order valence-corrected chi connectivity index (χ0v) is 11.9. The van der Waals surface area contributed by atoms with Crippen LogP contribution in [0, 0.1) is 0 Å². The van der Waals surface area contributed by atoms with Crippen molar-refractivity contribution in [3.8, 4) is 5.88 Å². The maximum atomic E-state index is 10.8. The number of ether oxygens (including phenoxy) is 1. The monoisotopic (exact) mass is 297 g/mol. The quantitative estimate of drug-likeness (QED) is 0.784. The van der Waals surface area contributed by atoms with Crippen LogP contribution in [0.1, 0.15) is 12.5 Å². The van der Waals surface area contributed by atoms with Crippen LogP contribution in [0.15, 0.2) is 41.4 Å². The fourth-order valence-electron chi connectivity index (χ4n) is 2.36. The van der Waals surface area contributed by atoms with Crippen molar-refractivity contribution in [3.63, 3.8) is 0 Å². The highest BCUT2D eigenvalue weighted by Crippen LogP contribution is 2.37. The van der Waals surface area contributed by atoms with E-state index in [0.29, 0.717) is 11.4 Å². The maximum absolute atomic E-state index is 10.8. The Morgan fingerprint density at radius 1 is 1.32 bits per heavy atom. The van der Waals surface area contributed by atoms with Gasteiger partial charge in [-0.1, -0.05) is 30.3 Å². The molecule has 0 radical (unpaired) electrons. The molecule has 7 heteroatoms. The van der Waals surface area contributed by atoms with Gasteiger partial charge in [0.2, 0.25) is 5.88 Å². The Morgan fingerprint density at radius 2 is 2.05 bits per heavy atom. The number of carbonyl (C=O) groups is 1. The van der Waals surface area contributed by atoms with Gasteiger partial charge >= 0.3 is 6.09 Å². The standard InChI is InChI=1S/C15H15N5O2/c1-8-12(9-5-3-2-4-6-9)20-13-10(18-8)7-11(19-14(13)16)22-15(17)21/h2-8,18H,1H3,(H2,16,19)(H2,17,21)/t8-/m1/s1. The molecule has 1 aliphatic rings. The summed E-state index contributed by atoms with van der Waals surface area (Å²) in [6, 6.07) is 11.3. The predicted molar refractivity (Wildman–Crippen MR) is 84.6 cm³/mol. The summed E-state index contributed by atoms with van der Waals surface area (Å²) in [5.74, 6) is 0.211. The van der Waals surface area contributed by atoms with Crippen LogP contribution in [0.4, 0.5) is 22.0 Å². The van der Waals surface area contributed by atoms with E-state index in [1.54, 1.807) is 6.07 Å². The largest absolute Gasteiger partial charge is 0.411 e. The minimum absolute atomic E-state index is 0.0295. The maximum Gasteiger partial charge on any atom is 0.411 e. The van der Waals surface area contributed by atoms with Crippen molar-refractivity contribution in [2.75, 3.05) is 11.1 Å². The summed E-state index contributed by atoms with van der Waals surface area (Å²) in [4.78, 5) is 19.4. The van der Waals surface area contributed by atoms with Crippen LogP contribution >= 0.6 is 0 Å². The van der Waals surface area contributed by atoms with Crippen LogP contribution in [0.25, 0.3) is 0 Å². The van der Waals surface area contributed by atoms with Gasteiger partial charge in [-0.15, -0.1) is 0 Å². The molecule has 112 valence electrons. The number of aliphatic imine (C=N–C) groups is 1. The predicted octanol–water partition coefficient (Wildman–Crippen LogP) is 2.06. The molecular weight excluding hydrogens is 282 g/mol. The van der Waals surface area contributed by atoms with E-state index in [1.807, 2.05) is 37.3 Å². The summed E-state index contributed by atoms with van der Waals surface area (Å²) in [5, 5.41) is 3.28. The number of anilines is 2. The Labute approximate surface area is 127 Å². The first-order valence-corrected chi connectivity index (χ1v) is 6.73. The number of fused-ring (bicyclic) bond motifs is 1. The molecule has 0 saturated carbocycles. The second-order valence-corrected chi connectivity index (χ2v) is 4.89. The van der Waals surface area contributed by atoms with Gasteiger partial charge in [0.25, 0.3) is 0 Å². The number of nitrogens with one attached hydrogen (secondary N) is 1. The van der Waals surface area contributed by atoms with Crippen molar-refractivity contribution in [3.05, 3.63) is 42.0 Å². The second kappa shape index (κ2) is 5.36. The molecule has 0 spiro atoms. The van der Waals surface area contributed by atoms with E-state index in [-0.39, 0.29) is 17.7 Å². The number of nitrogens with two attached hydrogens (primary N) is 2. The minimum Gasteiger partial charge on any atom is -0.391 e. The molecule has 7 nitrogen and oxygen atoms in total. The molecule has 2 heterocycles. The first kappa shape index (κ1) is 13.9. The minimum atomic E-state index is -0.941. The molecule has 0 bridgehead atoms. The van der Waals surface area contributed by atoms with Crippen LogP contribution < -0.4 is 21.5 Å². The zero-order valence-electron chi connectivity index (χ0n) is 11.9. The van der Waals surface area contributed by atoms with E-state index in [9.17, 15) is 4.79 Å². The Hall–Kier alpha value is -3.09. The molecular formula is C15H15N5O2. The van der Waals surface area contributed by atoms with Crippen LogP contribution in [0.5, 0.6) is 5.88 Å². The van der Waals surface area contributed by atoms with Crippen LogP contribution in [-0.4, -0.2) is 22.8 Å². The van der Waals surface area contributed by atoms with E-state index < -0.39 is 6.09 Å². The first-order chi connectivity index (χ1) is 10.5. The molecule has 1 atom stereocenters. The van der Waals surface area contributed by atoms with Crippen molar-refractivity contribution in [1.82, 2.24) is 4.98 Å². The Morgan fingerprint density at radius 3 is 2.73 bits per heavy atom. The van der Waals surface area contributed by atoms with Crippen LogP contribution in [0.2, 0.25) is 0 Å². The van der Waals surface area contributed by atoms with Gasteiger partial charge in [-0.2, -0.15) is 4.98 Å². The van der Waals surface area contributed by atoms with Gasteiger partial charge in [0.05, 0.1) is 17.4 Å². The number of amides is 1. The lowest BCUT2D eigenvalue weighted by atomic mass is 10.0. The van der Waals surface area contributed by atoms with E-state index in [0.717, 1.165) is 11.3 Å². The first-order valence-electron chi connectivity index (χ1n) is 6.73. The van der Waals surface area contributed by atoms with Gasteiger partial charge in [0.1, 0.15) is 5.69 Å². The number of rotatable bonds is 2. The van der Waals surface area contributed by atoms with E-state index >= 15 is 0 Å². The lowest BCUT2D eigenvalue weighted by Crippen LogP contribution is -2.30. The number of carbonyl (C=O) groups excluding carboxylic acids is 1.